The number of fused-ring (bicyclic) bond motifs is 1. The first-order chi connectivity index (χ1) is 11.2. The summed E-state index contributed by atoms with van der Waals surface area (Å²) in [6, 6.07) is 15.1. The molecule has 0 fully saturated rings. The Bertz CT molecular complexity index is 847. The molecule has 0 spiro atoms. The Morgan fingerprint density at radius 2 is 1.91 bits per heavy atom. The van der Waals surface area contributed by atoms with Crippen molar-refractivity contribution in [1.29, 1.82) is 0 Å². The maximum absolute atomic E-state index is 12.4. The topological polar surface area (TPSA) is 62.2 Å². The number of aliphatic hydroxyl groups is 1. The van der Waals surface area contributed by atoms with E-state index in [4.69, 9.17) is 0 Å². The second-order valence-corrected chi connectivity index (χ2v) is 6.05. The number of hydrogen-bond acceptors (Lipinski definition) is 3. The van der Waals surface area contributed by atoms with E-state index in [9.17, 15) is 9.90 Å². The van der Waals surface area contributed by atoms with Gasteiger partial charge in [0.15, 0.2) is 0 Å². The van der Waals surface area contributed by atoms with Crippen LogP contribution in [-0.4, -0.2) is 16.0 Å². The highest BCUT2D eigenvalue weighted by atomic mass is 79.9. The average molecular weight is 371 g/mol. The highest BCUT2D eigenvalue weighted by Crippen LogP contribution is 2.21. The number of rotatable bonds is 4. The molecule has 0 atom stereocenters. The van der Waals surface area contributed by atoms with Crippen LogP contribution in [0.4, 0.5) is 0 Å². The minimum absolute atomic E-state index is 0.218. The molecule has 1 amide bonds. The Hall–Kier alpha value is -2.24. The fraction of sp³-hybridized carbons (Fsp3) is 0.111. The fourth-order valence-corrected chi connectivity index (χ4v) is 2.72. The number of carbonyl (C=O) groups excluding carboxylic acids is 1. The van der Waals surface area contributed by atoms with E-state index in [0.29, 0.717) is 23.2 Å². The number of aromatic nitrogens is 1. The molecule has 4 nitrogen and oxygen atoms in total. The summed E-state index contributed by atoms with van der Waals surface area (Å²) >= 11 is 3.38. The van der Waals surface area contributed by atoms with Gasteiger partial charge in [0, 0.05) is 33.7 Å². The van der Waals surface area contributed by atoms with Crippen LogP contribution in [0, 0.1) is 0 Å². The minimum atomic E-state index is -0.227. The van der Waals surface area contributed by atoms with E-state index < -0.39 is 0 Å². The van der Waals surface area contributed by atoms with Crippen LogP contribution in [0.3, 0.4) is 0 Å². The zero-order chi connectivity index (χ0) is 16.2. The van der Waals surface area contributed by atoms with Gasteiger partial charge in [-0.3, -0.25) is 9.78 Å². The number of hydrogen-bond donors (Lipinski definition) is 2. The van der Waals surface area contributed by atoms with Crippen LogP contribution in [0.2, 0.25) is 0 Å². The molecular weight excluding hydrogens is 356 g/mol. The first-order valence-corrected chi connectivity index (χ1v) is 7.98. The molecule has 5 heteroatoms. The molecule has 116 valence electrons. The van der Waals surface area contributed by atoms with Gasteiger partial charge in [0.2, 0.25) is 0 Å². The van der Waals surface area contributed by atoms with E-state index in [2.05, 4.69) is 26.2 Å². The van der Waals surface area contributed by atoms with Gasteiger partial charge in [-0.2, -0.15) is 0 Å². The van der Waals surface area contributed by atoms with E-state index in [1.807, 2.05) is 42.5 Å². The number of benzene rings is 2. The Morgan fingerprint density at radius 3 is 2.65 bits per heavy atom. The summed E-state index contributed by atoms with van der Waals surface area (Å²) in [6.45, 7) is 0.201. The van der Waals surface area contributed by atoms with Gasteiger partial charge in [0.05, 0.1) is 12.1 Å². The molecule has 0 bridgehead atoms. The Kier molecular flexibility index (Phi) is 4.69. The van der Waals surface area contributed by atoms with Gasteiger partial charge in [-0.15, -0.1) is 0 Å². The highest BCUT2D eigenvalue weighted by Gasteiger charge is 2.14. The third-order valence-corrected chi connectivity index (χ3v) is 4.18. The van der Waals surface area contributed by atoms with Crippen LogP contribution in [-0.2, 0) is 13.2 Å². The summed E-state index contributed by atoms with van der Waals surface area (Å²) in [5.74, 6) is -0.218. The molecule has 2 N–H and O–H groups in total. The van der Waals surface area contributed by atoms with E-state index in [1.165, 1.54) is 0 Å². The van der Waals surface area contributed by atoms with Crippen molar-refractivity contribution in [3.05, 3.63) is 75.9 Å². The molecule has 1 heterocycles. The predicted molar refractivity (Wildman–Crippen MR) is 93.0 cm³/mol. The number of amides is 1. The van der Waals surface area contributed by atoms with Crippen LogP contribution in [0.1, 0.15) is 21.5 Å². The van der Waals surface area contributed by atoms with Gasteiger partial charge in [-0.1, -0.05) is 40.2 Å². The number of aliphatic hydroxyl groups excluding tert-OH is 1. The van der Waals surface area contributed by atoms with Gasteiger partial charge in [-0.25, -0.2) is 0 Å². The van der Waals surface area contributed by atoms with Crippen LogP contribution in [0.15, 0.2) is 59.2 Å². The summed E-state index contributed by atoms with van der Waals surface area (Å²) < 4.78 is 0.996. The van der Waals surface area contributed by atoms with Crippen molar-refractivity contribution in [2.75, 3.05) is 0 Å². The summed E-state index contributed by atoms with van der Waals surface area (Å²) in [6.07, 6.45) is 1.66. The molecule has 0 radical (unpaired) electrons. The lowest BCUT2D eigenvalue weighted by Gasteiger charge is -2.11. The molecule has 23 heavy (non-hydrogen) atoms. The number of pyridine rings is 1. The van der Waals surface area contributed by atoms with Gasteiger partial charge < -0.3 is 10.4 Å². The largest absolute Gasteiger partial charge is 0.392 e. The van der Waals surface area contributed by atoms with Gasteiger partial charge >= 0.3 is 0 Å². The van der Waals surface area contributed by atoms with Crippen molar-refractivity contribution in [2.24, 2.45) is 0 Å². The lowest BCUT2D eigenvalue weighted by molar-refractivity contribution is 0.0948. The third kappa shape index (κ3) is 3.41. The Morgan fingerprint density at radius 1 is 1.13 bits per heavy atom. The first-order valence-electron chi connectivity index (χ1n) is 7.19. The van der Waals surface area contributed by atoms with Crippen molar-refractivity contribution in [1.82, 2.24) is 10.3 Å². The van der Waals surface area contributed by atoms with Crippen molar-refractivity contribution in [3.63, 3.8) is 0 Å². The maximum Gasteiger partial charge on any atom is 0.251 e. The summed E-state index contributed by atoms with van der Waals surface area (Å²) in [7, 11) is 0. The number of carbonyl (C=O) groups is 1. The first kappa shape index (κ1) is 15.6. The molecule has 3 aromatic rings. The molecule has 2 aromatic carbocycles. The van der Waals surface area contributed by atoms with Crippen LogP contribution in [0.5, 0.6) is 0 Å². The van der Waals surface area contributed by atoms with E-state index >= 15 is 0 Å². The van der Waals surface area contributed by atoms with Gasteiger partial charge in [-0.05, 0) is 29.8 Å². The normalized spacial score (nSPS) is 10.7. The van der Waals surface area contributed by atoms with E-state index in [1.54, 1.807) is 12.3 Å². The zero-order valence-corrected chi connectivity index (χ0v) is 13.9. The Labute approximate surface area is 142 Å². The molecule has 0 unspecified atom stereocenters. The van der Waals surface area contributed by atoms with Crippen LogP contribution >= 0.6 is 15.9 Å². The molecular formula is C18H15BrN2O2. The smallest absolute Gasteiger partial charge is 0.251 e. The van der Waals surface area contributed by atoms with Crippen molar-refractivity contribution >= 4 is 32.7 Å². The predicted octanol–water partition coefficient (Wildman–Crippen LogP) is 3.42. The Balaban J connectivity index is 1.84. The number of nitrogens with one attached hydrogen (secondary N) is 1. The van der Waals surface area contributed by atoms with Crippen molar-refractivity contribution < 1.29 is 9.90 Å². The minimum Gasteiger partial charge on any atom is -0.392 e. The lowest BCUT2D eigenvalue weighted by Crippen LogP contribution is -2.24. The van der Waals surface area contributed by atoms with Gasteiger partial charge in [0.1, 0.15) is 0 Å². The SMILES string of the molecule is O=C(NCc1ccc(Br)cc1)c1ccc2cccnc2c1CO. The summed E-state index contributed by atoms with van der Waals surface area (Å²) in [4.78, 5) is 16.7. The zero-order valence-electron chi connectivity index (χ0n) is 12.3. The molecule has 3 rings (SSSR count). The van der Waals surface area contributed by atoms with Crippen LogP contribution in [0.25, 0.3) is 10.9 Å². The standard InChI is InChI=1S/C18H15BrN2O2/c19-14-6-3-12(4-7-14)10-21-18(23)15-8-5-13-2-1-9-20-17(13)16(15)11-22/h1-9,22H,10-11H2,(H,21,23). The molecule has 0 saturated carbocycles. The number of halogens is 1. The van der Waals surface area contributed by atoms with E-state index in [-0.39, 0.29) is 12.5 Å². The highest BCUT2D eigenvalue weighted by molar-refractivity contribution is 9.10. The average Bonchev–Trinajstić information content (AvgIpc) is 2.60. The summed E-state index contributed by atoms with van der Waals surface area (Å²) in [5.41, 5.74) is 2.67. The second-order valence-electron chi connectivity index (χ2n) is 5.13. The van der Waals surface area contributed by atoms with Gasteiger partial charge in [0.25, 0.3) is 5.91 Å². The third-order valence-electron chi connectivity index (χ3n) is 3.65. The molecule has 0 aliphatic rings. The van der Waals surface area contributed by atoms with E-state index in [0.717, 1.165) is 15.4 Å². The molecule has 0 aliphatic carbocycles. The second kappa shape index (κ2) is 6.89. The summed E-state index contributed by atoms with van der Waals surface area (Å²) in [5, 5.41) is 13.4. The quantitative estimate of drug-likeness (QED) is 0.739. The maximum atomic E-state index is 12.4. The fourth-order valence-electron chi connectivity index (χ4n) is 2.46. The van der Waals surface area contributed by atoms with Crippen molar-refractivity contribution in [3.8, 4) is 0 Å². The van der Waals surface area contributed by atoms with Crippen LogP contribution < -0.4 is 5.32 Å². The molecule has 0 aliphatic heterocycles. The number of nitrogens with zero attached hydrogens (tertiary/aromatic N) is 1. The lowest BCUT2D eigenvalue weighted by atomic mass is 10.0. The molecule has 1 aromatic heterocycles. The van der Waals surface area contributed by atoms with Crippen molar-refractivity contribution in [2.45, 2.75) is 13.2 Å². The molecule has 0 saturated heterocycles. The monoisotopic (exact) mass is 370 g/mol.